The zero-order valence-corrected chi connectivity index (χ0v) is 9.99. The minimum absolute atomic E-state index is 0.343. The lowest BCUT2D eigenvalue weighted by Crippen LogP contribution is -1.87. The molecule has 0 aliphatic rings. The molecule has 0 bridgehead atoms. The van der Waals surface area contributed by atoms with Crippen molar-refractivity contribution in [3.8, 4) is 0 Å². The van der Waals surface area contributed by atoms with Gasteiger partial charge in [0.2, 0.25) is 0 Å². The fourth-order valence-electron chi connectivity index (χ4n) is 1.41. The molecule has 0 spiro atoms. The summed E-state index contributed by atoms with van der Waals surface area (Å²) in [5, 5.41) is 1.02. The largest absolute Gasteiger partial charge is 0.361 e. The Hall–Kier alpha value is -1.68. The van der Waals surface area contributed by atoms with Crippen LogP contribution in [0.15, 0.2) is 46.5 Å². The molecular formula is C12H9BrN2O. The Morgan fingerprint density at radius 1 is 1.50 bits per heavy atom. The number of benzene rings is 1. The Labute approximate surface area is 101 Å². The maximum absolute atomic E-state index is 11.0. The molecule has 80 valence electrons. The summed E-state index contributed by atoms with van der Waals surface area (Å²) in [6.07, 6.45) is 4.54. The Kier molecular flexibility index (Phi) is 3.01. The molecule has 2 aromatic rings. The van der Waals surface area contributed by atoms with E-state index >= 15 is 0 Å². The molecule has 1 amide bonds. The standard InChI is InChI=1S/C12H9BrN2O/c1-2-12(16)15-7-8-6-14-11-4-3-9(13)5-10(8)11/h2-7,14H,1H2. The lowest BCUT2D eigenvalue weighted by molar-refractivity contribution is -0.113. The van der Waals surface area contributed by atoms with Crippen molar-refractivity contribution in [2.24, 2.45) is 4.99 Å². The number of hydrogen-bond acceptors (Lipinski definition) is 1. The highest BCUT2D eigenvalue weighted by molar-refractivity contribution is 9.10. The number of amides is 1. The van der Waals surface area contributed by atoms with Crippen LogP contribution in [0.4, 0.5) is 0 Å². The summed E-state index contributed by atoms with van der Waals surface area (Å²) in [5.74, 6) is -0.343. The van der Waals surface area contributed by atoms with Crippen molar-refractivity contribution < 1.29 is 4.79 Å². The molecule has 1 aromatic carbocycles. The number of aromatic amines is 1. The van der Waals surface area contributed by atoms with E-state index in [0.29, 0.717) is 0 Å². The van der Waals surface area contributed by atoms with E-state index in [1.807, 2.05) is 24.4 Å². The van der Waals surface area contributed by atoms with Gasteiger partial charge in [-0.05, 0) is 24.3 Å². The topological polar surface area (TPSA) is 45.2 Å². The molecule has 0 atom stereocenters. The van der Waals surface area contributed by atoms with E-state index in [9.17, 15) is 4.79 Å². The van der Waals surface area contributed by atoms with E-state index in [2.05, 4.69) is 32.5 Å². The summed E-state index contributed by atoms with van der Waals surface area (Å²) in [6.45, 7) is 3.36. The molecule has 0 aliphatic heterocycles. The van der Waals surface area contributed by atoms with E-state index in [1.54, 1.807) is 0 Å². The highest BCUT2D eigenvalue weighted by atomic mass is 79.9. The molecule has 0 aliphatic carbocycles. The summed E-state index contributed by atoms with van der Waals surface area (Å²) in [6, 6.07) is 5.90. The number of carbonyl (C=O) groups excluding carboxylic acids is 1. The number of halogens is 1. The number of nitrogens with one attached hydrogen (secondary N) is 1. The van der Waals surface area contributed by atoms with E-state index in [-0.39, 0.29) is 5.91 Å². The number of hydrogen-bond donors (Lipinski definition) is 1. The Morgan fingerprint density at radius 3 is 3.06 bits per heavy atom. The van der Waals surface area contributed by atoms with Crippen molar-refractivity contribution in [3.63, 3.8) is 0 Å². The second-order valence-electron chi connectivity index (χ2n) is 3.23. The van der Waals surface area contributed by atoms with Gasteiger partial charge in [-0.25, -0.2) is 4.99 Å². The fourth-order valence-corrected chi connectivity index (χ4v) is 1.77. The highest BCUT2D eigenvalue weighted by Crippen LogP contribution is 2.21. The summed E-state index contributed by atoms with van der Waals surface area (Å²) in [4.78, 5) is 17.8. The summed E-state index contributed by atoms with van der Waals surface area (Å²) in [7, 11) is 0. The molecule has 1 N–H and O–H groups in total. The lowest BCUT2D eigenvalue weighted by Gasteiger charge is -1.92. The molecule has 1 aromatic heterocycles. The minimum Gasteiger partial charge on any atom is -0.361 e. The van der Waals surface area contributed by atoms with Crippen molar-refractivity contribution in [2.75, 3.05) is 0 Å². The van der Waals surface area contributed by atoms with Gasteiger partial charge in [-0.15, -0.1) is 0 Å². The fraction of sp³-hybridized carbons (Fsp3) is 0. The number of H-pyrrole nitrogens is 1. The van der Waals surface area contributed by atoms with Crippen LogP contribution in [0.3, 0.4) is 0 Å². The van der Waals surface area contributed by atoms with Gasteiger partial charge in [0, 0.05) is 33.4 Å². The molecule has 16 heavy (non-hydrogen) atoms. The van der Waals surface area contributed by atoms with Crippen LogP contribution in [0.1, 0.15) is 5.56 Å². The normalized spacial score (nSPS) is 11.1. The first-order valence-electron chi connectivity index (χ1n) is 4.68. The van der Waals surface area contributed by atoms with Gasteiger partial charge in [0.05, 0.1) is 0 Å². The van der Waals surface area contributed by atoms with Gasteiger partial charge in [-0.2, -0.15) is 0 Å². The maximum Gasteiger partial charge on any atom is 0.269 e. The van der Waals surface area contributed by atoms with Crippen LogP contribution in [0.25, 0.3) is 10.9 Å². The van der Waals surface area contributed by atoms with Crippen molar-refractivity contribution in [1.29, 1.82) is 0 Å². The predicted molar refractivity (Wildman–Crippen MR) is 68.8 cm³/mol. The third kappa shape index (κ3) is 2.12. The van der Waals surface area contributed by atoms with Gasteiger partial charge >= 0.3 is 0 Å². The van der Waals surface area contributed by atoms with Crippen LogP contribution in [0.5, 0.6) is 0 Å². The number of carbonyl (C=O) groups is 1. The molecule has 0 unspecified atom stereocenters. The zero-order chi connectivity index (χ0) is 11.5. The van der Waals surface area contributed by atoms with E-state index in [1.165, 1.54) is 12.3 Å². The molecule has 0 saturated carbocycles. The Bertz CT molecular complexity index is 584. The average molecular weight is 277 g/mol. The zero-order valence-electron chi connectivity index (χ0n) is 8.40. The highest BCUT2D eigenvalue weighted by Gasteiger charge is 2.01. The van der Waals surface area contributed by atoms with Crippen molar-refractivity contribution in [3.05, 3.63) is 47.1 Å². The summed E-state index contributed by atoms with van der Waals surface area (Å²) in [5.41, 5.74) is 1.89. The van der Waals surface area contributed by atoms with Gasteiger partial charge < -0.3 is 4.98 Å². The van der Waals surface area contributed by atoms with E-state index in [0.717, 1.165) is 20.9 Å². The predicted octanol–water partition coefficient (Wildman–Crippen LogP) is 3.06. The number of nitrogens with zero attached hydrogens (tertiary/aromatic N) is 1. The van der Waals surface area contributed by atoms with E-state index < -0.39 is 0 Å². The smallest absolute Gasteiger partial charge is 0.269 e. The van der Waals surface area contributed by atoms with Crippen LogP contribution in [0.2, 0.25) is 0 Å². The second kappa shape index (κ2) is 4.45. The van der Waals surface area contributed by atoms with Gasteiger partial charge in [-0.3, -0.25) is 4.79 Å². The van der Waals surface area contributed by atoms with Gasteiger partial charge in [0.25, 0.3) is 5.91 Å². The van der Waals surface area contributed by atoms with Crippen molar-refractivity contribution in [1.82, 2.24) is 4.98 Å². The quantitative estimate of drug-likeness (QED) is 0.665. The molecule has 2 rings (SSSR count). The van der Waals surface area contributed by atoms with Crippen LogP contribution < -0.4 is 0 Å². The van der Waals surface area contributed by atoms with Gasteiger partial charge in [-0.1, -0.05) is 22.5 Å². The first-order chi connectivity index (χ1) is 7.70. The lowest BCUT2D eigenvalue weighted by atomic mass is 10.2. The van der Waals surface area contributed by atoms with Crippen LogP contribution in [0, 0.1) is 0 Å². The summed E-state index contributed by atoms with van der Waals surface area (Å²) < 4.78 is 0.990. The van der Waals surface area contributed by atoms with Crippen LogP contribution in [-0.4, -0.2) is 17.1 Å². The van der Waals surface area contributed by atoms with Crippen molar-refractivity contribution >= 4 is 39.0 Å². The average Bonchev–Trinajstić information content (AvgIpc) is 2.68. The van der Waals surface area contributed by atoms with Crippen LogP contribution >= 0.6 is 15.9 Å². The number of aromatic nitrogens is 1. The number of fused-ring (bicyclic) bond motifs is 1. The van der Waals surface area contributed by atoms with Gasteiger partial charge in [0.1, 0.15) is 0 Å². The monoisotopic (exact) mass is 276 g/mol. The molecule has 1 heterocycles. The molecule has 0 saturated heterocycles. The van der Waals surface area contributed by atoms with Crippen molar-refractivity contribution in [2.45, 2.75) is 0 Å². The Morgan fingerprint density at radius 2 is 2.31 bits per heavy atom. The molecule has 0 radical (unpaired) electrons. The van der Waals surface area contributed by atoms with Crippen LogP contribution in [-0.2, 0) is 4.79 Å². The third-order valence-electron chi connectivity index (χ3n) is 2.18. The molecule has 3 nitrogen and oxygen atoms in total. The first kappa shape index (κ1) is 10.8. The molecular weight excluding hydrogens is 268 g/mol. The number of rotatable bonds is 2. The first-order valence-corrected chi connectivity index (χ1v) is 5.47. The molecule has 4 heteroatoms. The summed E-state index contributed by atoms with van der Waals surface area (Å²) >= 11 is 3.40. The van der Waals surface area contributed by atoms with Gasteiger partial charge in [0.15, 0.2) is 0 Å². The Balaban J connectivity index is 2.45. The minimum atomic E-state index is -0.343. The number of aliphatic imine (C=N–C) groups is 1. The molecule has 0 fully saturated rings. The second-order valence-corrected chi connectivity index (χ2v) is 4.15. The van der Waals surface area contributed by atoms with E-state index in [4.69, 9.17) is 0 Å². The SMILES string of the molecule is C=CC(=O)N=Cc1c[nH]c2ccc(Br)cc12. The maximum atomic E-state index is 11.0. The third-order valence-corrected chi connectivity index (χ3v) is 2.67.